The number of hydrogen-bond acceptors (Lipinski definition) is 5. The molecule has 1 aromatic heterocycles. The maximum absolute atomic E-state index is 11.0. The number of anilines is 2. The third-order valence-electron chi connectivity index (χ3n) is 2.67. The van der Waals surface area contributed by atoms with Crippen molar-refractivity contribution in [2.75, 3.05) is 11.9 Å². The average molecular weight is 257 g/mol. The first-order chi connectivity index (χ1) is 9.02. The molecule has 0 fully saturated rings. The lowest BCUT2D eigenvalue weighted by Gasteiger charge is -2.15. The van der Waals surface area contributed by atoms with Gasteiger partial charge in [-0.25, -0.2) is 0 Å². The monoisotopic (exact) mass is 257 g/mol. The molecule has 0 aliphatic heterocycles. The lowest BCUT2D eigenvalue weighted by atomic mass is 10.2. The molecule has 7 nitrogen and oxygen atoms in total. The SMILES string of the molecule is CN(c1cccc(C#N)c1)c1nn(C)cc1[N+](=O)[O-]. The fraction of sp³-hybridized carbons (Fsp3) is 0.167. The largest absolute Gasteiger partial charge is 0.331 e. The highest BCUT2D eigenvalue weighted by Gasteiger charge is 2.22. The van der Waals surface area contributed by atoms with Crippen LogP contribution in [0.15, 0.2) is 30.5 Å². The van der Waals surface area contributed by atoms with Gasteiger partial charge in [0.2, 0.25) is 5.82 Å². The summed E-state index contributed by atoms with van der Waals surface area (Å²) in [4.78, 5) is 12.1. The molecule has 0 unspecified atom stereocenters. The summed E-state index contributed by atoms with van der Waals surface area (Å²) in [6.45, 7) is 0. The molecule has 96 valence electrons. The third kappa shape index (κ3) is 2.37. The number of nitrogens with zero attached hydrogens (tertiary/aromatic N) is 5. The van der Waals surface area contributed by atoms with Crippen molar-refractivity contribution in [2.24, 2.45) is 7.05 Å². The van der Waals surface area contributed by atoms with Gasteiger partial charge in [0.25, 0.3) is 0 Å². The molecule has 0 bridgehead atoms. The Morgan fingerprint density at radius 2 is 2.26 bits per heavy atom. The van der Waals surface area contributed by atoms with E-state index < -0.39 is 4.92 Å². The fourth-order valence-electron chi connectivity index (χ4n) is 1.74. The van der Waals surface area contributed by atoms with Gasteiger partial charge >= 0.3 is 5.69 Å². The van der Waals surface area contributed by atoms with E-state index in [9.17, 15) is 10.1 Å². The first-order valence-corrected chi connectivity index (χ1v) is 5.45. The van der Waals surface area contributed by atoms with E-state index in [2.05, 4.69) is 5.10 Å². The molecule has 0 spiro atoms. The summed E-state index contributed by atoms with van der Waals surface area (Å²) in [5.74, 6) is 0.239. The molecule has 0 atom stereocenters. The predicted octanol–water partition coefficient (Wildman–Crippen LogP) is 1.97. The minimum Gasteiger partial charge on any atom is -0.322 e. The standard InChI is InChI=1S/C12H11N5O2/c1-15-8-11(17(18)19)12(14-15)16(2)10-5-3-4-9(6-10)7-13/h3-6,8H,1-2H3. The Hall–Kier alpha value is -2.88. The van der Waals surface area contributed by atoms with Crippen LogP contribution in [0.25, 0.3) is 0 Å². The average Bonchev–Trinajstić information content (AvgIpc) is 2.80. The van der Waals surface area contributed by atoms with Crippen LogP contribution in [-0.2, 0) is 7.05 Å². The van der Waals surface area contributed by atoms with Crippen LogP contribution < -0.4 is 4.90 Å². The summed E-state index contributed by atoms with van der Waals surface area (Å²) in [6, 6.07) is 8.84. The van der Waals surface area contributed by atoms with E-state index in [1.807, 2.05) is 6.07 Å². The van der Waals surface area contributed by atoms with E-state index in [0.717, 1.165) is 0 Å². The second kappa shape index (κ2) is 4.78. The Bertz CT molecular complexity index is 671. The van der Waals surface area contributed by atoms with E-state index in [-0.39, 0.29) is 11.5 Å². The van der Waals surface area contributed by atoms with Crippen LogP contribution in [0, 0.1) is 21.4 Å². The van der Waals surface area contributed by atoms with Crippen LogP contribution in [0.3, 0.4) is 0 Å². The van der Waals surface area contributed by atoms with Crippen molar-refractivity contribution in [3.8, 4) is 6.07 Å². The van der Waals surface area contributed by atoms with E-state index in [1.54, 1.807) is 43.3 Å². The Morgan fingerprint density at radius 1 is 1.53 bits per heavy atom. The molecule has 2 aromatic rings. The van der Waals surface area contributed by atoms with Gasteiger partial charge in [-0.05, 0) is 18.2 Å². The van der Waals surface area contributed by atoms with Gasteiger partial charge in [0.15, 0.2) is 0 Å². The molecule has 0 aliphatic rings. The summed E-state index contributed by atoms with van der Waals surface area (Å²) >= 11 is 0. The fourth-order valence-corrected chi connectivity index (χ4v) is 1.74. The molecule has 2 rings (SSSR count). The highest BCUT2D eigenvalue weighted by molar-refractivity contribution is 5.68. The van der Waals surface area contributed by atoms with Gasteiger partial charge in [0, 0.05) is 19.8 Å². The molecule has 1 heterocycles. The third-order valence-corrected chi connectivity index (χ3v) is 2.67. The topological polar surface area (TPSA) is 88.0 Å². The van der Waals surface area contributed by atoms with Crippen molar-refractivity contribution in [2.45, 2.75) is 0 Å². The molecular weight excluding hydrogens is 246 g/mol. The highest BCUT2D eigenvalue weighted by atomic mass is 16.6. The lowest BCUT2D eigenvalue weighted by molar-refractivity contribution is -0.384. The van der Waals surface area contributed by atoms with Crippen LogP contribution >= 0.6 is 0 Å². The number of aromatic nitrogens is 2. The lowest BCUT2D eigenvalue weighted by Crippen LogP contribution is -2.12. The van der Waals surface area contributed by atoms with Crippen LogP contribution in [0.5, 0.6) is 0 Å². The van der Waals surface area contributed by atoms with E-state index in [0.29, 0.717) is 11.3 Å². The number of benzene rings is 1. The molecular formula is C12H11N5O2. The van der Waals surface area contributed by atoms with Crippen molar-refractivity contribution in [1.29, 1.82) is 5.26 Å². The summed E-state index contributed by atoms with van der Waals surface area (Å²) in [5.41, 5.74) is 1.08. The van der Waals surface area contributed by atoms with Gasteiger partial charge in [0.05, 0.1) is 16.6 Å². The van der Waals surface area contributed by atoms with Gasteiger partial charge in [0.1, 0.15) is 6.20 Å². The maximum Gasteiger partial charge on any atom is 0.331 e. The highest BCUT2D eigenvalue weighted by Crippen LogP contribution is 2.30. The zero-order chi connectivity index (χ0) is 14.0. The summed E-state index contributed by atoms with van der Waals surface area (Å²) < 4.78 is 1.39. The number of aryl methyl sites for hydroxylation is 1. The van der Waals surface area contributed by atoms with Crippen LogP contribution in [0.4, 0.5) is 17.2 Å². The first-order valence-electron chi connectivity index (χ1n) is 5.45. The second-order valence-electron chi connectivity index (χ2n) is 3.99. The van der Waals surface area contributed by atoms with Crippen molar-refractivity contribution in [3.63, 3.8) is 0 Å². The predicted molar refractivity (Wildman–Crippen MR) is 69.1 cm³/mol. The molecule has 0 N–H and O–H groups in total. The van der Waals surface area contributed by atoms with Crippen molar-refractivity contribution < 1.29 is 4.92 Å². The Morgan fingerprint density at radius 3 is 2.89 bits per heavy atom. The smallest absolute Gasteiger partial charge is 0.322 e. The molecule has 0 saturated heterocycles. The normalized spacial score (nSPS) is 9.95. The summed E-state index contributed by atoms with van der Waals surface area (Å²) in [7, 11) is 3.29. The molecule has 0 amide bonds. The van der Waals surface area contributed by atoms with Gasteiger partial charge < -0.3 is 4.90 Å². The second-order valence-corrected chi connectivity index (χ2v) is 3.99. The van der Waals surface area contributed by atoms with E-state index in [1.165, 1.54) is 10.9 Å². The van der Waals surface area contributed by atoms with Gasteiger partial charge in [-0.1, -0.05) is 6.07 Å². The number of hydrogen-bond donors (Lipinski definition) is 0. The zero-order valence-electron chi connectivity index (χ0n) is 10.4. The van der Waals surface area contributed by atoms with Crippen LogP contribution in [0.2, 0.25) is 0 Å². The maximum atomic E-state index is 11.0. The Labute approximate surface area is 109 Å². The molecule has 1 aromatic carbocycles. The molecule has 0 aliphatic carbocycles. The number of nitriles is 1. The summed E-state index contributed by atoms with van der Waals surface area (Å²) in [5, 5.41) is 23.9. The van der Waals surface area contributed by atoms with Crippen molar-refractivity contribution in [3.05, 3.63) is 46.1 Å². The first kappa shape index (κ1) is 12.6. The Balaban J connectivity index is 2.46. The summed E-state index contributed by atoms with van der Waals surface area (Å²) in [6.07, 6.45) is 1.35. The van der Waals surface area contributed by atoms with Crippen LogP contribution in [0.1, 0.15) is 5.56 Å². The van der Waals surface area contributed by atoms with Gasteiger partial charge in [-0.15, -0.1) is 5.10 Å². The number of nitro groups is 1. The van der Waals surface area contributed by atoms with Crippen molar-refractivity contribution >= 4 is 17.2 Å². The van der Waals surface area contributed by atoms with Crippen molar-refractivity contribution in [1.82, 2.24) is 9.78 Å². The molecule has 19 heavy (non-hydrogen) atoms. The molecule has 0 radical (unpaired) electrons. The van der Waals surface area contributed by atoms with Crippen LogP contribution in [-0.4, -0.2) is 21.8 Å². The van der Waals surface area contributed by atoms with E-state index in [4.69, 9.17) is 5.26 Å². The molecule has 7 heteroatoms. The minimum atomic E-state index is -0.479. The minimum absolute atomic E-state index is 0.0765. The zero-order valence-corrected chi connectivity index (χ0v) is 10.4. The quantitative estimate of drug-likeness (QED) is 0.619. The van der Waals surface area contributed by atoms with Gasteiger partial charge in [-0.2, -0.15) is 5.26 Å². The Kier molecular flexibility index (Phi) is 3.16. The number of rotatable bonds is 3. The van der Waals surface area contributed by atoms with E-state index >= 15 is 0 Å². The van der Waals surface area contributed by atoms with Gasteiger partial charge in [-0.3, -0.25) is 14.8 Å². The molecule has 0 saturated carbocycles.